The molecule has 0 heterocycles. The molecule has 0 radical (unpaired) electrons. The van der Waals surface area contributed by atoms with Crippen molar-refractivity contribution in [1.82, 2.24) is 5.43 Å². The lowest BCUT2D eigenvalue weighted by Crippen LogP contribution is -2.39. The number of carbonyl (C=O) groups excluding carboxylic acids is 1. The van der Waals surface area contributed by atoms with Gasteiger partial charge in [0.1, 0.15) is 23.8 Å². The van der Waals surface area contributed by atoms with Crippen LogP contribution >= 0.6 is 11.6 Å². The number of amides is 1. The molecule has 25 heavy (non-hydrogen) atoms. The summed E-state index contributed by atoms with van der Waals surface area (Å²) in [5.41, 5.74) is 1.75. The molecule has 2 N–H and O–H groups in total. The molecule has 2 rings (SSSR count). The van der Waals surface area contributed by atoms with Crippen LogP contribution < -0.4 is 10.2 Å². The van der Waals surface area contributed by atoms with E-state index in [1.807, 2.05) is 0 Å². The van der Waals surface area contributed by atoms with E-state index >= 15 is 0 Å². The van der Waals surface area contributed by atoms with E-state index in [4.69, 9.17) is 16.3 Å². The molecular formula is C18H18ClFN2O3. The van der Waals surface area contributed by atoms with Crippen molar-refractivity contribution in [3.05, 3.63) is 64.4 Å². The number of hydrogen-bond acceptors (Lipinski definition) is 4. The molecule has 5 nitrogen and oxygen atoms in total. The van der Waals surface area contributed by atoms with Gasteiger partial charge < -0.3 is 9.84 Å². The summed E-state index contributed by atoms with van der Waals surface area (Å²) >= 11 is 5.95. The van der Waals surface area contributed by atoms with Crippen molar-refractivity contribution in [3.8, 4) is 5.75 Å². The topological polar surface area (TPSA) is 70.9 Å². The summed E-state index contributed by atoms with van der Waals surface area (Å²) in [4.78, 5) is 11.4. The summed E-state index contributed by atoms with van der Waals surface area (Å²) in [5, 5.41) is 13.5. The molecule has 0 saturated carbocycles. The van der Waals surface area contributed by atoms with Gasteiger partial charge in [-0.2, -0.15) is 5.10 Å². The zero-order chi connectivity index (χ0) is 18.4. The van der Waals surface area contributed by atoms with Gasteiger partial charge in [-0.25, -0.2) is 9.82 Å². The lowest BCUT2D eigenvalue weighted by atomic mass is 10.1. The summed E-state index contributed by atoms with van der Waals surface area (Å²) in [7, 11) is 0. The minimum atomic E-state index is -1.50. The molecule has 0 aliphatic rings. The average Bonchev–Trinajstić information content (AvgIpc) is 2.55. The van der Waals surface area contributed by atoms with E-state index in [0.717, 1.165) is 0 Å². The second kappa shape index (κ2) is 8.09. The molecule has 0 spiro atoms. The molecule has 1 amide bonds. The molecule has 0 atom stereocenters. The Hall–Kier alpha value is -2.44. The number of aliphatic hydroxyl groups is 1. The van der Waals surface area contributed by atoms with Gasteiger partial charge in [0.15, 0.2) is 0 Å². The largest absolute Gasteiger partial charge is 0.489 e. The molecular weight excluding hydrogens is 347 g/mol. The number of rotatable bonds is 6. The highest BCUT2D eigenvalue weighted by atomic mass is 35.5. The molecule has 0 bridgehead atoms. The Morgan fingerprint density at radius 3 is 2.60 bits per heavy atom. The first-order valence-corrected chi connectivity index (χ1v) is 7.87. The van der Waals surface area contributed by atoms with Crippen LogP contribution in [0.15, 0.2) is 47.6 Å². The standard InChI is InChI=1S/C18H18ClFN2O3/c1-18(2,24)17(23)22-21-10-12-6-8-13(9-7-12)25-11-14-15(19)4-3-5-16(14)20/h3-10,24H,11H2,1-2H3,(H,22,23)/b21-10-. The molecule has 0 aliphatic heterocycles. The van der Waals surface area contributed by atoms with Gasteiger partial charge >= 0.3 is 0 Å². The van der Waals surface area contributed by atoms with Crippen LogP contribution in [0.5, 0.6) is 5.75 Å². The zero-order valence-electron chi connectivity index (χ0n) is 13.8. The third-order valence-electron chi connectivity index (χ3n) is 3.26. The molecule has 0 unspecified atom stereocenters. The van der Waals surface area contributed by atoms with Crippen LogP contribution in [-0.2, 0) is 11.4 Å². The van der Waals surface area contributed by atoms with Crippen molar-refractivity contribution in [2.24, 2.45) is 5.10 Å². The number of nitrogens with zero attached hydrogens (tertiary/aromatic N) is 1. The Balaban J connectivity index is 1.93. The molecule has 2 aromatic carbocycles. The number of carbonyl (C=O) groups is 1. The predicted molar refractivity (Wildman–Crippen MR) is 94.2 cm³/mol. The first-order valence-electron chi connectivity index (χ1n) is 7.49. The van der Waals surface area contributed by atoms with Crippen LogP contribution in [0.1, 0.15) is 25.0 Å². The van der Waals surface area contributed by atoms with Crippen molar-refractivity contribution in [3.63, 3.8) is 0 Å². The van der Waals surface area contributed by atoms with Gasteiger partial charge in [-0.3, -0.25) is 4.79 Å². The third kappa shape index (κ3) is 5.55. The summed E-state index contributed by atoms with van der Waals surface area (Å²) in [5.74, 6) is -0.485. The highest BCUT2D eigenvalue weighted by Crippen LogP contribution is 2.21. The van der Waals surface area contributed by atoms with Gasteiger partial charge in [0.2, 0.25) is 0 Å². The highest BCUT2D eigenvalue weighted by Gasteiger charge is 2.22. The maximum absolute atomic E-state index is 13.7. The lowest BCUT2D eigenvalue weighted by Gasteiger charge is -2.13. The SMILES string of the molecule is CC(C)(O)C(=O)N/N=C\c1ccc(OCc2c(F)cccc2Cl)cc1. The van der Waals surface area contributed by atoms with Crippen molar-refractivity contribution >= 4 is 23.7 Å². The third-order valence-corrected chi connectivity index (χ3v) is 3.61. The predicted octanol–water partition coefficient (Wildman–Crippen LogP) is 3.28. The van der Waals surface area contributed by atoms with E-state index in [9.17, 15) is 14.3 Å². The smallest absolute Gasteiger partial charge is 0.271 e. The molecule has 0 aromatic heterocycles. The molecule has 0 saturated heterocycles. The lowest BCUT2D eigenvalue weighted by molar-refractivity contribution is -0.136. The fourth-order valence-corrected chi connectivity index (χ4v) is 2.00. The van der Waals surface area contributed by atoms with E-state index in [1.54, 1.807) is 30.3 Å². The highest BCUT2D eigenvalue weighted by molar-refractivity contribution is 6.31. The Kier molecular flexibility index (Phi) is 6.12. The van der Waals surface area contributed by atoms with Gasteiger partial charge in [-0.05, 0) is 55.8 Å². The van der Waals surface area contributed by atoms with E-state index in [2.05, 4.69) is 10.5 Å². The van der Waals surface area contributed by atoms with Crippen LogP contribution in [0.4, 0.5) is 4.39 Å². The van der Waals surface area contributed by atoms with E-state index in [-0.39, 0.29) is 6.61 Å². The summed E-state index contributed by atoms with van der Waals surface area (Å²) in [6.07, 6.45) is 1.43. The first-order chi connectivity index (χ1) is 11.8. The number of halogens is 2. The van der Waals surface area contributed by atoms with Crippen LogP contribution in [0.3, 0.4) is 0 Å². The van der Waals surface area contributed by atoms with Crippen LogP contribution in [0.2, 0.25) is 5.02 Å². The summed E-state index contributed by atoms with van der Waals surface area (Å²) in [6.45, 7) is 2.75. The van der Waals surface area contributed by atoms with Crippen molar-refractivity contribution in [2.75, 3.05) is 0 Å². The van der Waals surface area contributed by atoms with Crippen LogP contribution in [-0.4, -0.2) is 22.8 Å². The number of nitrogens with one attached hydrogen (secondary N) is 1. The molecule has 0 fully saturated rings. The maximum atomic E-state index is 13.7. The van der Waals surface area contributed by atoms with Crippen molar-refractivity contribution < 1.29 is 19.0 Å². The normalized spacial score (nSPS) is 11.6. The maximum Gasteiger partial charge on any atom is 0.271 e. The van der Waals surface area contributed by atoms with Gasteiger partial charge in [0.25, 0.3) is 5.91 Å². The van der Waals surface area contributed by atoms with Gasteiger partial charge in [0, 0.05) is 5.56 Å². The molecule has 2 aromatic rings. The van der Waals surface area contributed by atoms with Gasteiger partial charge in [0.05, 0.1) is 11.2 Å². The fourth-order valence-electron chi connectivity index (χ4n) is 1.78. The molecule has 0 aliphatic carbocycles. The zero-order valence-corrected chi connectivity index (χ0v) is 14.5. The summed E-state index contributed by atoms with van der Waals surface area (Å²) < 4.78 is 19.2. The van der Waals surface area contributed by atoms with E-state index in [0.29, 0.717) is 21.9 Å². The van der Waals surface area contributed by atoms with Gasteiger partial charge in [-0.1, -0.05) is 17.7 Å². The Morgan fingerprint density at radius 1 is 1.32 bits per heavy atom. The summed E-state index contributed by atoms with van der Waals surface area (Å²) in [6, 6.07) is 11.3. The second-order valence-electron chi connectivity index (χ2n) is 5.82. The average molecular weight is 365 g/mol. The van der Waals surface area contributed by atoms with E-state index < -0.39 is 17.3 Å². The van der Waals surface area contributed by atoms with E-state index in [1.165, 1.54) is 32.2 Å². The second-order valence-corrected chi connectivity index (χ2v) is 6.22. The number of benzene rings is 2. The van der Waals surface area contributed by atoms with Crippen LogP contribution in [0, 0.1) is 5.82 Å². The fraction of sp³-hybridized carbons (Fsp3) is 0.222. The van der Waals surface area contributed by atoms with Gasteiger partial charge in [-0.15, -0.1) is 0 Å². The monoisotopic (exact) mass is 364 g/mol. The van der Waals surface area contributed by atoms with Crippen molar-refractivity contribution in [2.45, 2.75) is 26.1 Å². The number of hydrogen-bond donors (Lipinski definition) is 2. The van der Waals surface area contributed by atoms with Crippen LogP contribution in [0.25, 0.3) is 0 Å². The number of ether oxygens (including phenoxy) is 1. The molecule has 132 valence electrons. The Bertz CT molecular complexity index is 751. The van der Waals surface area contributed by atoms with Crippen molar-refractivity contribution in [1.29, 1.82) is 0 Å². The quantitative estimate of drug-likeness (QED) is 0.610. The first kappa shape index (κ1) is 18.9. The molecule has 7 heteroatoms. The Morgan fingerprint density at radius 2 is 2.00 bits per heavy atom. The number of hydrazone groups is 1. The Labute approximate surface area is 150 Å². The minimum Gasteiger partial charge on any atom is -0.489 e. The minimum absolute atomic E-state index is 0.0145.